The molecular formula is C24H27NO5. The van der Waals surface area contributed by atoms with Crippen LogP contribution < -0.4 is 18.9 Å². The molecule has 2 aromatic rings. The highest BCUT2D eigenvalue weighted by atomic mass is 16.5. The molecule has 2 aromatic carbocycles. The number of carbonyl (C=O) groups excluding carboxylic acids is 1. The van der Waals surface area contributed by atoms with Crippen LogP contribution >= 0.6 is 0 Å². The van der Waals surface area contributed by atoms with Crippen LogP contribution in [0.3, 0.4) is 0 Å². The number of allylic oxidation sites excluding steroid dienone is 1. The van der Waals surface area contributed by atoms with Crippen molar-refractivity contribution >= 4 is 11.9 Å². The average Bonchev–Trinajstić information content (AvgIpc) is 3.03. The van der Waals surface area contributed by atoms with E-state index in [-0.39, 0.29) is 11.5 Å². The maximum absolute atomic E-state index is 13.1. The van der Waals surface area contributed by atoms with Crippen molar-refractivity contribution in [3.05, 3.63) is 52.3 Å². The highest BCUT2D eigenvalue weighted by Gasteiger charge is 2.33. The van der Waals surface area contributed by atoms with Crippen molar-refractivity contribution < 1.29 is 23.7 Å². The third-order valence-electron chi connectivity index (χ3n) is 5.35. The fourth-order valence-electron chi connectivity index (χ4n) is 4.02. The first-order chi connectivity index (χ1) is 14.4. The topological polar surface area (TPSA) is 57.2 Å². The smallest absolute Gasteiger partial charge is 0.231 e. The molecule has 6 nitrogen and oxygen atoms in total. The van der Waals surface area contributed by atoms with Gasteiger partial charge in [0.2, 0.25) is 5.78 Å². The van der Waals surface area contributed by atoms with E-state index in [1.165, 1.54) is 0 Å². The van der Waals surface area contributed by atoms with Crippen molar-refractivity contribution in [3.8, 4) is 23.0 Å². The Morgan fingerprint density at radius 2 is 1.97 bits per heavy atom. The summed E-state index contributed by atoms with van der Waals surface area (Å²) in [5, 5.41) is 0. The molecule has 0 amide bonds. The van der Waals surface area contributed by atoms with Gasteiger partial charge in [-0.3, -0.25) is 9.69 Å². The number of carbonyl (C=O) groups is 1. The largest absolute Gasteiger partial charge is 0.497 e. The lowest BCUT2D eigenvalue weighted by Gasteiger charge is -2.31. The summed E-state index contributed by atoms with van der Waals surface area (Å²) in [5.74, 6) is 3.38. The van der Waals surface area contributed by atoms with Crippen LogP contribution in [0.5, 0.6) is 23.0 Å². The minimum Gasteiger partial charge on any atom is -0.497 e. The lowest BCUT2D eigenvalue weighted by atomic mass is 9.99. The number of fused-ring (bicyclic) bond motifs is 2. The van der Waals surface area contributed by atoms with Gasteiger partial charge in [-0.2, -0.15) is 0 Å². The highest BCUT2D eigenvalue weighted by molar-refractivity contribution is 6.15. The molecule has 0 aliphatic carbocycles. The monoisotopic (exact) mass is 409 g/mol. The second kappa shape index (κ2) is 8.03. The lowest BCUT2D eigenvalue weighted by Crippen LogP contribution is -2.35. The summed E-state index contributed by atoms with van der Waals surface area (Å²) < 4.78 is 22.8. The van der Waals surface area contributed by atoms with Gasteiger partial charge in [0, 0.05) is 29.8 Å². The Morgan fingerprint density at radius 3 is 2.67 bits per heavy atom. The van der Waals surface area contributed by atoms with Gasteiger partial charge in [0.15, 0.2) is 5.76 Å². The van der Waals surface area contributed by atoms with Crippen LogP contribution in [0.1, 0.15) is 40.9 Å². The van der Waals surface area contributed by atoms with Gasteiger partial charge in [-0.15, -0.1) is 0 Å². The molecule has 0 spiro atoms. The number of benzene rings is 2. The van der Waals surface area contributed by atoms with Gasteiger partial charge in [0.05, 0.1) is 19.8 Å². The quantitative estimate of drug-likeness (QED) is 0.681. The first kappa shape index (κ1) is 20.3. The molecule has 0 saturated carbocycles. The maximum atomic E-state index is 13.1. The molecule has 0 aromatic heterocycles. The van der Waals surface area contributed by atoms with Crippen molar-refractivity contribution in [3.63, 3.8) is 0 Å². The van der Waals surface area contributed by atoms with Crippen molar-refractivity contribution in [1.82, 2.24) is 4.90 Å². The molecule has 0 unspecified atom stereocenters. The SMILES string of the molecule is COc1ccc(OC)c(/C=C2\Oc3c(cc4c(c3C)OCN(CC(C)C)C4)C2=O)c1. The summed E-state index contributed by atoms with van der Waals surface area (Å²) >= 11 is 0. The number of rotatable bonds is 5. The molecule has 4 rings (SSSR count). The van der Waals surface area contributed by atoms with E-state index in [1.807, 2.05) is 25.1 Å². The van der Waals surface area contributed by atoms with Gasteiger partial charge in [-0.25, -0.2) is 0 Å². The van der Waals surface area contributed by atoms with Gasteiger partial charge in [-0.05, 0) is 43.2 Å². The van der Waals surface area contributed by atoms with Crippen LogP contribution in [0.25, 0.3) is 6.08 Å². The molecular weight excluding hydrogens is 382 g/mol. The summed E-state index contributed by atoms with van der Waals surface area (Å²) in [6.07, 6.45) is 1.70. The minimum atomic E-state index is -0.137. The zero-order valence-electron chi connectivity index (χ0n) is 18.1. The van der Waals surface area contributed by atoms with E-state index in [0.29, 0.717) is 35.5 Å². The van der Waals surface area contributed by atoms with Crippen molar-refractivity contribution in [2.45, 2.75) is 27.3 Å². The number of Topliss-reactive ketones (excluding diaryl/α,β-unsaturated/α-hetero) is 1. The van der Waals surface area contributed by atoms with Crippen LogP contribution in [-0.2, 0) is 6.54 Å². The second-order valence-electron chi connectivity index (χ2n) is 8.09. The van der Waals surface area contributed by atoms with Crippen molar-refractivity contribution in [1.29, 1.82) is 0 Å². The molecule has 0 saturated heterocycles. The summed E-state index contributed by atoms with van der Waals surface area (Å²) in [6.45, 7) is 8.56. The fourth-order valence-corrected chi connectivity index (χ4v) is 4.02. The molecule has 6 heteroatoms. The zero-order chi connectivity index (χ0) is 21.4. The number of hydrogen-bond donors (Lipinski definition) is 0. The summed E-state index contributed by atoms with van der Waals surface area (Å²) in [7, 11) is 3.19. The molecule has 2 heterocycles. The average molecular weight is 409 g/mol. The molecule has 0 atom stereocenters. The highest BCUT2D eigenvalue weighted by Crippen LogP contribution is 2.43. The van der Waals surface area contributed by atoms with E-state index in [2.05, 4.69) is 18.7 Å². The van der Waals surface area contributed by atoms with E-state index in [9.17, 15) is 4.79 Å². The molecule has 2 aliphatic rings. The molecule has 0 radical (unpaired) electrons. The molecule has 0 fully saturated rings. The van der Waals surface area contributed by atoms with Crippen molar-refractivity contribution in [2.24, 2.45) is 5.92 Å². The van der Waals surface area contributed by atoms with Gasteiger partial charge in [0.25, 0.3) is 0 Å². The van der Waals surface area contributed by atoms with E-state index >= 15 is 0 Å². The van der Waals surface area contributed by atoms with Crippen LogP contribution in [0.2, 0.25) is 0 Å². The number of ether oxygens (including phenoxy) is 4. The molecule has 0 N–H and O–H groups in total. The first-order valence-corrected chi connectivity index (χ1v) is 10.1. The van der Waals surface area contributed by atoms with E-state index in [0.717, 1.165) is 35.5 Å². The zero-order valence-corrected chi connectivity index (χ0v) is 18.1. The molecule has 158 valence electrons. The van der Waals surface area contributed by atoms with E-state index in [1.54, 1.807) is 26.4 Å². The molecule has 0 bridgehead atoms. The Bertz CT molecular complexity index is 1020. The summed E-state index contributed by atoms with van der Waals surface area (Å²) in [6, 6.07) is 7.34. The lowest BCUT2D eigenvalue weighted by molar-refractivity contribution is 0.0835. The van der Waals surface area contributed by atoms with E-state index in [4.69, 9.17) is 18.9 Å². The number of hydrogen-bond acceptors (Lipinski definition) is 6. The molecule has 2 aliphatic heterocycles. The van der Waals surface area contributed by atoms with E-state index < -0.39 is 0 Å². The van der Waals surface area contributed by atoms with Gasteiger partial charge >= 0.3 is 0 Å². The maximum Gasteiger partial charge on any atom is 0.231 e. The Balaban J connectivity index is 1.69. The number of ketones is 1. The number of nitrogens with zero attached hydrogens (tertiary/aromatic N) is 1. The van der Waals surface area contributed by atoms with Gasteiger partial charge in [-0.1, -0.05) is 13.8 Å². The van der Waals surface area contributed by atoms with Crippen molar-refractivity contribution in [2.75, 3.05) is 27.5 Å². The van der Waals surface area contributed by atoms with Crippen LogP contribution in [0.15, 0.2) is 30.0 Å². The van der Waals surface area contributed by atoms with Crippen LogP contribution in [-0.4, -0.2) is 38.2 Å². The van der Waals surface area contributed by atoms with Crippen LogP contribution in [0, 0.1) is 12.8 Å². The Hall–Kier alpha value is -2.99. The number of methoxy groups -OCH3 is 2. The van der Waals surface area contributed by atoms with Gasteiger partial charge < -0.3 is 18.9 Å². The minimum absolute atomic E-state index is 0.137. The normalized spacial score (nSPS) is 16.9. The summed E-state index contributed by atoms with van der Waals surface area (Å²) in [5.41, 5.74) is 3.18. The Kier molecular flexibility index (Phi) is 5.43. The third-order valence-corrected chi connectivity index (χ3v) is 5.35. The standard InChI is InChI=1S/C24H27NO5/c1-14(2)11-25-12-17-9-19-22(26)21(30-24(19)15(3)23(17)29-13-25)10-16-8-18(27-4)6-7-20(16)28-5/h6-10,14H,11-13H2,1-5H3/b21-10-. The predicted octanol–water partition coefficient (Wildman–Crippen LogP) is 4.44. The van der Waals surface area contributed by atoms with Crippen LogP contribution in [0.4, 0.5) is 0 Å². The summed E-state index contributed by atoms with van der Waals surface area (Å²) in [4.78, 5) is 15.4. The first-order valence-electron chi connectivity index (χ1n) is 10.1. The van der Waals surface area contributed by atoms with Gasteiger partial charge in [0.1, 0.15) is 29.7 Å². The Morgan fingerprint density at radius 1 is 1.17 bits per heavy atom. The predicted molar refractivity (Wildman–Crippen MR) is 114 cm³/mol. The second-order valence-corrected chi connectivity index (χ2v) is 8.09. The third kappa shape index (κ3) is 3.63. The fraction of sp³-hybridized carbons (Fsp3) is 0.375. The molecule has 30 heavy (non-hydrogen) atoms. The Labute approximate surface area is 177 Å².